The summed E-state index contributed by atoms with van der Waals surface area (Å²) in [4.78, 5) is 64.9. The van der Waals surface area contributed by atoms with E-state index in [1.165, 1.54) is 6.33 Å². The SMILES string of the molecule is O=c1[nH]cnc2c1n1c[n+]2[C@@H]2O[C@H](CO[P+]([O-])([O-])O[P+]([O-])(O)OC[C@H]3O[C@@H]1[C@H](O)[C@@H]3O)[C@@H](O)[C@H]2O. The lowest BCUT2D eigenvalue weighted by Gasteiger charge is -2.32. The second-order valence-electron chi connectivity index (χ2n) is 8.02. The van der Waals surface area contributed by atoms with Crippen LogP contribution in [0.5, 0.6) is 0 Å². The fourth-order valence-corrected chi connectivity index (χ4v) is 6.18. The monoisotopic (exact) mass is 542 g/mol. The number of H-pyrrole nitrogens is 1. The number of hydrogen-bond donors (Lipinski definition) is 6. The molecule has 0 aliphatic carbocycles. The molecule has 0 radical (unpaired) electrons. The third-order valence-electron chi connectivity index (χ3n) is 5.79. The van der Waals surface area contributed by atoms with E-state index < -0.39 is 84.2 Å². The summed E-state index contributed by atoms with van der Waals surface area (Å²) in [5.41, 5.74) is -0.969. The molecule has 3 aliphatic heterocycles. The predicted octanol–water partition coefficient (Wildman–Crippen LogP) is -6.26. The molecule has 0 saturated carbocycles. The van der Waals surface area contributed by atoms with E-state index in [1.54, 1.807) is 0 Å². The van der Waals surface area contributed by atoms with Crippen molar-refractivity contribution >= 4 is 27.5 Å². The van der Waals surface area contributed by atoms with Crippen LogP contribution in [0.4, 0.5) is 0 Å². The molecule has 2 saturated heterocycles. The molecule has 5 rings (SSSR count). The molecule has 0 aromatic carbocycles. The van der Waals surface area contributed by atoms with Crippen LogP contribution in [0.1, 0.15) is 12.5 Å². The number of phosphoric ester groups is 2. The average molecular weight is 542 g/mol. The summed E-state index contributed by atoms with van der Waals surface area (Å²) >= 11 is 0. The summed E-state index contributed by atoms with van der Waals surface area (Å²) < 4.78 is 26.5. The Morgan fingerprint density at radius 2 is 1.69 bits per heavy atom. The molecule has 35 heavy (non-hydrogen) atoms. The molecular weight excluding hydrogens is 522 g/mol. The van der Waals surface area contributed by atoms with Crippen LogP contribution in [0.3, 0.4) is 0 Å². The first-order chi connectivity index (χ1) is 16.4. The first-order valence-electron chi connectivity index (χ1n) is 10.1. The zero-order valence-corrected chi connectivity index (χ0v) is 19.1. The lowest BCUT2D eigenvalue weighted by atomic mass is 10.1. The van der Waals surface area contributed by atoms with E-state index in [1.807, 2.05) is 0 Å². The number of nitrogens with one attached hydrogen (secondary N) is 1. The maximum Gasteiger partial charge on any atom is 0.429 e. The Kier molecular flexibility index (Phi) is 6.45. The lowest BCUT2D eigenvalue weighted by molar-refractivity contribution is -0.746. The second kappa shape index (κ2) is 8.91. The third-order valence-corrected chi connectivity index (χ3v) is 8.35. The van der Waals surface area contributed by atoms with Crippen LogP contribution in [0.2, 0.25) is 0 Å². The minimum Gasteiger partial charge on any atom is -0.631 e. The van der Waals surface area contributed by atoms with Gasteiger partial charge in [-0.25, -0.2) is 13.7 Å². The fourth-order valence-electron chi connectivity index (χ4n) is 4.13. The highest BCUT2D eigenvalue weighted by Gasteiger charge is 2.52. The Balaban J connectivity index is 1.62. The van der Waals surface area contributed by atoms with Gasteiger partial charge in [0.15, 0.2) is 12.7 Å². The Morgan fingerprint density at radius 1 is 1.03 bits per heavy atom. The van der Waals surface area contributed by atoms with Gasteiger partial charge in [-0.3, -0.25) is 9.78 Å². The zero-order chi connectivity index (χ0) is 25.3. The number of aromatic nitrogens is 4. The van der Waals surface area contributed by atoms with Crippen molar-refractivity contribution in [3.8, 4) is 0 Å². The van der Waals surface area contributed by atoms with Crippen molar-refractivity contribution in [1.29, 1.82) is 0 Å². The van der Waals surface area contributed by atoms with Crippen molar-refractivity contribution in [3.63, 3.8) is 0 Å². The van der Waals surface area contributed by atoms with Crippen LogP contribution in [-0.2, 0) is 22.8 Å². The third kappa shape index (κ3) is 4.50. The van der Waals surface area contributed by atoms with Gasteiger partial charge in [-0.1, -0.05) is 4.98 Å². The van der Waals surface area contributed by atoms with Crippen LogP contribution < -0.4 is 24.8 Å². The largest absolute Gasteiger partial charge is 0.631 e. The summed E-state index contributed by atoms with van der Waals surface area (Å²) in [6.07, 6.45) is -10.4. The molecule has 0 amide bonds. The van der Waals surface area contributed by atoms with Gasteiger partial charge in [-0.2, -0.15) is 9.42 Å². The molecule has 194 valence electrons. The average Bonchev–Trinajstić information content (AvgIpc) is 3.38. The maximum absolute atomic E-state index is 12.6. The molecule has 3 aliphatic rings. The van der Waals surface area contributed by atoms with Crippen LogP contribution in [0.15, 0.2) is 17.4 Å². The van der Waals surface area contributed by atoms with E-state index in [4.69, 9.17) is 9.47 Å². The molecule has 5 heterocycles. The summed E-state index contributed by atoms with van der Waals surface area (Å²) in [5.74, 6) is 0. The Labute approximate surface area is 195 Å². The smallest absolute Gasteiger partial charge is 0.429 e. The van der Waals surface area contributed by atoms with Crippen molar-refractivity contribution < 1.29 is 67.4 Å². The highest BCUT2D eigenvalue weighted by molar-refractivity contribution is 7.65. The van der Waals surface area contributed by atoms with Gasteiger partial charge in [-0.05, 0) is 4.31 Å². The van der Waals surface area contributed by atoms with E-state index in [-0.39, 0.29) is 11.2 Å². The van der Waals surface area contributed by atoms with E-state index in [0.717, 1.165) is 15.5 Å². The number of fused-ring (bicyclic) bond motifs is 11. The minimum atomic E-state index is -5.50. The molecule has 2 aromatic heterocycles. The van der Waals surface area contributed by atoms with E-state index in [0.29, 0.717) is 0 Å². The minimum absolute atomic E-state index is 0.0847. The molecule has 9 atom stereocenters. The molecule has 2 aromatic rings. The molecule has 0 spiro atoms. The van der Waals surface area contributed by atoms with Gasteiger partial charge in [0.1, 0.15) is 49.8 Å². The molecule has 1 unspecified atom stereocenters. The van der Waals surface area contributed by atoms with Gasteiger partial charge >= 0.3 is 13.8 Å². The van der Waals surface area contributed by atoms with Gasteiger partial charge in [0.25, 0.3) is 13.7 Å². The van der Waals surface area contributed by atoms with Crippen LogP contribution in [0.25, 0.3) is 11.2 Å². The van der Waals surface area contributed by atoms with E-state index in [2.05, 4.69) is 23.3 Å². The topological polar surface area (TPSA) is 271 Å². The predicted molar refractivity (Wildman–Crippen MR) is 101 cm³/mol. The molecule has 6 bridgehead atoms. The normalized spacial score (nSPS) is 41.9. The van der Waals surface area contributed by atoms with Crippen LogP contribution in [-0.4, -0.2) is 89.7 Å². The number of nitrogens with zero attached hydrogens (tertiary/aromatic N) is 3. The Hall–Kier alpha value is -1.31. The van der Waals surface area contributed by atoms with Crippen molar-refractivity contribution in [2.24, 2.45) is 0 Å². The summed E-state index contributed by atoms with van der Waals surface area (Å²) in [5, 5.41) is 41.9. The quantitative estimate of drug-likeness (QED) is 0.133. The Morgan fingerprint density at radius 3 is 2.43 bits per heavy atom. The van der Waals surface area contributed by atoms with Crippen molar-refractivity contribution in [2.45, 2.75) is 49.1 Å². The number of ether oxygens (including phenoxy) is 2. The molecule has 20 heteroatoms. The van der Waals surface area contributed by atoms with Crippen molar-refractivity contribution in [3.05, 3.63) is 23.0 Å². The number of rotatable bonds is 0. The Bertz CT molecular complexity index is 1160. The van der Waals surface area contributed by atoms with Gasteiger partial charge in [0.05, 0.1) is 0 Å². The number of imidazole rings is 1. The zero-order valence-electron chi connectivity index (χ0n) is 17.3. The summed E-state index contributed by atoms with van der Waals surface area (Å²) in [6, 6.07) is 0. The van der Waals surface area contributed by atoms with E-state index in [9.17, 15) is 44.8 Å². The number of hydrogen-bond acceptors (Lipinski definition) is 15. The molecule has 2 fully saturated rings. The first-order valence-corrected chi connectivity index (χ1v) is 13.0. The number of aliphatic hydroxyl groups is 4. The number of aromatic amines is 1. The van der Waals surface area contributed by atoms with Crippen molar-refractivity contribution in [2.75, 3.05) is 13.2 Å². The molecule has 6 N–H and O–H groups in total. The lowest BCUT2D eigenvalue weighted by Crippen LogP contribution is -2.46. The molecule has 18 nitrogen and oxygen atoms in total. The summed E-state index contributed by atoms with van der Waals surface area (Å²) in [7, 11) is -10.8. The first kappa shape index (κ1) is 25.3. The summed E-state index contributed by atoms with van der Waals surface area (Å²) in [6.45, 7) is -1.82. The van der Waals surface area contributed by atoms with Gasteiger partial charge < -0.3 is 44.6 Å². The van der Waals surface area contributed by atoms with Gasteiger partial charge in [0.2, 0.25) is 18.0 Å². The van der Waals surface area contributed by atoms with Gasteiger partial charge in [0, 0.05) is 0 Å². The van der Waals surface area contributed by atoms with Gasteiger partial charge in [-0.15, -0.1) is 0 Å². The second-order valence-corrected chi connectivity index (χ2v) is 11.0. The fraction of sp³-hybridized carbons (Fsp3) is 0.667. The molecular formula is C15H20N4O14P2. The standard InChI is InChI=1S/C15H20N4O14P2/c20-8-5-1-29-34(25,26)33-35(27,28)30-2-6-9(21)11(23)15(32-6)19-4-18(14(31-5)10(8)22)7-12(19)16-3-17-13(7)24/h3-6,8-11,14-15,20-23H,1-2H2,(H2-,16,17,24,25,26,27,28)/t5-,6-,8-,9-,10-,11-,14-,15-/m1/s1. The van der Waals surface area contributed by atoms with Crippen LogP contribution >= 0.6 is 16.3 Å². The highest BCUT2D eigenvalue weighted by atomic mass is 31.3. The number of phosphoric acid groups is 2. The van der Waals surface area contributed by atoms with Crippen molar-refractivity contribution in [1.82, 2.24) is 14.5 Å². The maximum atomic E-state index is 12.6. The highest BCUT2D eigenvalue weighted by Crippen LogP contribution is 2.63. The number of aliphatic hydroxyl groups excluding tert-OH is 4. The van der Waals surface area contributed by atoms with E-state index >= 15 is 0 Å². The van der Waals surface area contributed by atoms with Crippen LogP contribution in [0, 0.1) is 0 Å².